The van der Waals surface area contributed by atoms with Crippen LogP contribution in [0.5, 0.6) is 0 Å². The van der Waals surface area contributed by atoms with Crippen molar-refractivity contribution >= 4 is 5.91 Å². The third-order valence-corrected chi connectivity index (χ3v) is 1.29. The van der Waals surface area contributed by atoms with Crippen molar-refractivity contribution in [1.82, 2.24) is 4.90 Å². The van der Waals surface area contributed by atoms with Crippen LogP contribution >= 0.6 is 0 Å². The summed E-state index contributed by atoms with van der Waals surface area (Å²) >= 11 is 0. The van der Waals surface area contributed by atoms with Gasteiger partial charge in [0.2, 0.25) is 5.91 Å². The summed E-state index contributed by atoms with van der Waals surface area (Å²) in [4.78, 5) is 12.8. The highest BCUT2D eigenvalue weighted by molar-refractivity contribution is 5.87. The molecule has 11 heavy (non-hydrogen) atoms. The van der Waals surface area contributed by atoms with Gasteiger partial charge < -0.3 is 10.6 Å². The molecule has 0 rings (SSSR count). The van der Waals surface area contributed by atoms with Gasteiger partial charge in [-0.2, -0.15) is 0 Å². The average molecular weight is 156 g/mol. The van der Waals surface area contributed by atoms with E-state index < -0.39 is 0 Å². The Morgan fingerprint density at radius 3 is 2.55 bits per heavy atom. The summed E-state index contributed by atoms with van der Waals surface area (Å²) in [5.74, 6) is -0.0214. The Labute approximate surface area is 67.9 Å². The number of amides is 1. The Kier molecular flexibility index (Phi) is 4.34. The highest BCUT2D eigenvalue weighted by Crippen LogP contribution is 1.90. The van der Waals surface area contributed by atoms with Gasteiger partial charge in [0.25, 0.3) is 0 Å². The number of rotatable bonds is 3. The lowest BCUT2D eigenvalue weighted by Crippen LogP contribution is -2.26. The lowest BCUT2D eigenvalue weighted by Gasteiger charge is -2.13. The number of likely N-dealkylation sites (N-methyl/N-ethyl adjacent to an activating group) is 1. The van der Waals surface area contributed by atoms with E-state index in [1.54, 1.807) is 18.9 Å². The second kappa shape index (κ2) is 4.77. The van der Waals surface area contributed by atoms with Crippen LogP contribution in [0.15, 0.2) is 11.8 Å². The zero-order chi connectivity index (χ0) is 8.85. The van der Waals surface area contributed by atoms with Gasteiger partial charge in [-0.25, -0.2) is 0 Å². The molecule has 0 saturated carbocycles. The molecule has 0 aromatic carbocycles. The van der Waals surface area contributed by atoms with Gasteiger partial charge in [-0.1, -0.05) is 6.92 Å². The minimum atomic E-state index is -0.0214. The van der Waals surface area contributed by atoms with Crippen LogP contribution in [0.1, 0.15) is 20.3 Å². The van der Waals surface area contributed by atoms with Gasteiger partial charge in [-0.3, -0.25) is 4.79 Å². The average Bonchev–Trinajstić information content (AvgIpc) is 1.86. The largest absolute Gasteiger partial charge is 0.402 e. The lowest BCUT2D eigenvalue weighted by atomic mass is 10.3. The van der Waals surface area contributed by atoms with Gasteiger partial charge in [-0.15, -0.1) is 0 Å². The Morgan fingerprint density at radius 2 is 2.18 bits per heavy atom. The maximum absolute atomic E-state index is 11.1. The Balaban J connectivity index is 3.93. The van der Waals surface area contributed by atoms with Gasteiger partial charge in [0.15, 0.2) is 0 Å². The molecule has 0 aliphatic heterocycles. The number of carbonyl (C=O) groups excluding carboxylic acids is 1. The number of hydrogen-bond donors (Lipinski definition) is 1. The van der Waals surface area contributed by atoms with Crippen molar-refractivity contribution in [2.24, 2.45) is 5.73 Å². The zero-order valence-electron chi connectivity index (χ0n) is 7.42. The van der Waals surface area contributed by atoms with E-state index in [4.69, 9.17) is 5.73 Å². The number of hydrogen-bond acceptors (Lipinski definition) is 2. The second-order valence-electron chi connectivity index (χ2n) is 2.65. The van der Waals surface area contributed by atoms with E-state index in [2.05, 4.69) is 0 Å². The van der Waals surface area contributed by atoms with Crippen molar-refractivity contribution in [3.8, 4) is 0 Å². The van der Waals surface area contributed by atoms with Crippen LogP contribution in [0, 0.1) is 0 Å². The van der Waals surface area contributed by atoms with E-state index in [-0.39, 0.29) is 5.91 Å². The summed E-state index contributed by atoms with van der Waals surface area (Å²) in [5, 5.41) is 0. The fraction of sp³-hybridized carbons (Fsp3) is 0.625. The molecule has 1 amide bonds. The van der Waals surface area contributed by atoms with Gasteiger partial charge in [0, 0.05) is 25.4 Å². The van der Waals surface area contributed by atoms with Crippen LogP contribution in [-0.2, 0) is 4.79 Å². The third kappa shape index (κ3) is 4.42. The molecule has 0 atom stereocenters. The maximum atomic E-state index is 11.1. The quantitative estimate of drug-likeness (QED) is 0.612. The van der Waals surface area contributed by atoms with Crippen molar-refractivity contribution in [2.45, 2.75) is 20.3 Å². The molecule has 0 aromatic rings. The third-order valence-electron chi connectivity index (χ3n) is 1.29. The molecule has 3 heteroatoms. The van der Waals surface area contributed by atoms with Gasteiger partial charge in [0.05, 0.1) is 0 Å². The normalized spacial score (nSPS) is 11.4. The molecule has 0 spiro atoms. The van der Waals surface area contributed by atoms with Crippen molar-refractivity contribution in [2.75, 3.05) is 13.6 Å². The fourth-order valence-electron chi connectivity index (χ4n) is 0.751. The molecule has 0 aliphatic carbocycles. The summed E-state index contributed by atoms with van der Waals surface area (Å²) < 4.78 is 0. The molecule has 0 unspecified atom stereocenters. The smallest absolute Gasteiger partial charge is 0.248 e. The molecule has 0 aliphatic rings. The first-order valence-electron chi connectivity index (χ1n) is 3.76. The molecule has 0 radical (unpaired) electrons. The van der Waals surface area contributed by atoms with E-state index in [0.29, 0.717) is 5.70 Å². The first-order valence-corrected chi connectivity index (χ1v) is 3.76. The molecular weight excluding hydrogens is 140 g/mol. The number of nitrogens with two attached hydrogens (primary N) is 1. The Hall–Kier alpha value is -0.990. The molecule has 3 nitrogen and oxygen atoms in total. The molecule has 0 bridgehead atoms. The van der Waals surface area contributed by atoms with E-state index in [1.807, 2.05) is 6.92 Å². The molecule has 0 fully saturated rings. The Bertz CT molecular complexity index is 159. The van der Waals surface area contributed by atoms with Gasteiger partial charge >= 0.3 is 0 Å². The summed E-state index contributed by atoms with van der Waals surface area (Å²) in [7, 11) is 1.77. The standard InChI is InChI=1S/C8H16N2O/c1-4-5-10(3)8(11)6-7(2)9/h6H,4-5,9H2,1-3H3. The van der Waals surface area contributed by atoms with Crippen molar-refractivity contribution in [3.05, 3.63) is 11.8 Å². The summed E-state index contributed by atoms with van der Waals surface area (Å²) in [6.45, 7) is 4.52. The lowest BCUT2D eigenvalue weighted by molar-refractivity contribution is -0.124. The van der Waals surface area contributed by atoms with Crippen LogP contribution in [0.2, 0.25) is 0 Å². The minimum absolute atomic E-state index is 0.0214. The monoisotopic (exact) mass is 156 g/mol. The van der Waals surface area contributed by atoms with E-state index in [9.17, 15) is 4.79 Å². The predicted molar refractivity (Wildman–Crippen MR) is 45.9 cm³/mol. The molecular formula is C8H16N2O. The van der Waals surface area contributed by atoms with Crippen LogP contribution in [0.3, 0.4) is 0 Å². The first-order chi connectivity index (χ1) is 5.07. The maximum Gasteiger partial charge on any atom is 0.248 e. The predicted octanol–water partition coefficient (Wildman–Crippen LogP) is 0.717. The number of carbonyl (C=O) groups is 1. The van der Waals surface area contributed by atoms with Crippen LogP contribution in [0.25, 0.3) is 0 Å². The zero-order valence-corrected chi connectivity index (χ0v) is 7.42. The summed E-state index contributed by atoms with van der Waals surface area (Å²) in [6.07, 6.45) is 2.41. The SMILES string of the molecule is CCCN(C)C(=O)C=C(C)N. The van der Waals surface area contributed by atoms with Crippen LogP contribution in [-0.4, -0.2) is 24.4 Å². The van der Waals surface area contributed by atoms with E-state index >= 15 is 0 Å². The molecule has 2 N–H and O–H groups in total. The number of allylic oxidation sites excluding steroid dienone is 1. The molecule has 64 valence electrons. The topological polar surface area (TPSA) is 46.3 Å². The molecule has 0 saturated heterocycles. The minimum Gasteiger partial charge on any atom is -0.402 e. The summed E-state index contributed by atoms with van der Waals surface area (Å²) in [6, 6.07) is 0. The van der Waals surface area contributed by atoms with Crippen molar-refractivity contribution in [3.63, 3.8) is 0 Å². The van der Waals surface area contributed by atoms with E-state index in [1.165, 1.54) is 6.08 Å². The van der Waals surface area contributed by atoms with Crippen molar-refractivity contribution < 1.29 is 4.79 Å². The number of nitrogens with zero attached hydrogens (tertiary/aromatic N) is 1. The van der Waals surface area contributed by atoms with Gasteiger partial charge in [0.1, 0.15) is 0 Å². The summed E-state index contributed by atoms with van der Waals surface area (Å²) in [5.41, 5.74) is 5.89. The highest BCUT2D eigenvalue weighted by atomic mass is 16.2. The fourth-order valence-corrected chi connectivity index (χ4v) is 0.751. The Morgan fingerprint density at radius 1 is 1.64 bits per heavy atom. The highest BCUT2D eigenvalue weighted by Gasteiger charge is 2.02. The first kappa shape index (κ1) is 10.0. The van der Waals surface area contributed by atoms with Crippen LogP contribution < -0.4 is 5.73 Å². The molecule has 0 heterocycles. The van der Waals surface area contributed by atoms with E-state index in [0.717, 1.165) is 13.0 Å². The van der Waals surface area contributed by atoms with Crippen molar-refractivity contribution in [1.29, 1.82) is 0 Å². The second-order valence-corrected chi connectivity index (χ2v) is 2.65. The molecule has 0 aromatic heterocycles. The van der Waals surface area contributed by atoms with Gasteiger partial charge in [-0.05, 0) is 13.3 Å². The van der Waals surface area contributed by atoms with Crippen LogP contribution in [0.4, 0.5) is 0 Å².